The average molecular weight is 360 g/mol. The maximum atomic E-state index is 12.7. The Morgan fingerprint density at radius 3 is 2.65 bits per heavy atom. The molecule has 0 bridgehead atoms. The molecular formula is C16H13ClF3NOS. The Kier molecular flexibility index (Phi) is 4.38. The van der Waals surface area contributed by atoms with Gasteiger partial charge in [-0.3, -0.25) is 4.79 Å². The number of halogens is 4. The first-order valence-electron chi connectivity index (χ1n) is 7.13. The Bertz CT molecular complexity index is 754. The minimum Gasteiger partial charge on any atom is -0.322 e. The molecule has 0 fully saturated rings. The van der Waals surface area contributed by atoms with Gasteiger partial charge in [-0.25, -0.2) is 0 Å². The molecule has 1 aliphatic carbocycles. The first kappa shape index (κ1) is 16.3. The summed E-state index contributed by atoms with van der Waals surface area (Å²) in [6.45, 7) is 0. The molecule has 0 aliphatic heterocycles. The molecule has 0 radical (unpaired) electrons. The van der Waals surface area contributed by atoms with Crippen molar-refractivity contribution in [1.29, 1.82) is 0 Å². The van der Waals surface area contributed by atoms with Crippen molar-refractivity contribution >= 4 is 34.5 Å². The largest absolute Gasteiger partial charge is 0.417 e. The molecule has 1 N–H and O–H groups in total. The van der Waals surface area contributed by atoms with Crippen LogP contribution in [0.2, 0.25) is 5.02 Å². The van der Waals surface area contributed by atoms with Crippen molar-refractivity contribution in [2.24, 2.45) is 0 Å². The lowest BCUT2D eigenvalue weighted by Gasteiger charge is -2.13. The van der Waals surface area contributed by atoms with Gasteiger partial charge in [0.1, 0.15) is 0 Å². The lowest BCUT2D eigenvalue weighted by molar-refractivity contribution is -0.137. The maximum absolute atomic E-state index is 12.7. The second kappa shape index (κ2) is 6.17. The fraction of sp³-hybridized carbons (Fsp3) is 0.312. The minimum atomic E-state index is -4.51. The molecular weight excluding hydrogens is 347 g/mol. The number of thiophene rings is 1. The van der Waals surface area contributed by atoms with E-state index in [9.17, 15) is 18.0 Å². The summed E-state index contributed by atoms with van der Waals surface area (Å²) in [7, 11) is 0. The first-order valence-corrected chi connectivity index (χ1v) is 8.39. The van der Waals surface area contributed by atoms with Gasteiger partial charge in [-0.05, 0) is 49.4 Å². The van der Waals surface area contributed by atoms with Crippen LogP contribution in [0.4, 0.5) is 18.9 Å². The van der Waals surface area contributed by atoms with Crippen LogP contribution in [0, 0.1) is 0 Å². The first-order chi connectivity index (χ1) is 10.9. The molecule has 0 saturated carbocycles. The molecule has 2 nitrogen and oxygen atoms in total. The Morgan fingerprint density at radius 1 is 1.22 bits per heavy atom. The molecule has 3 rings (SSSR count). The number of fused-ring (bicyclic) bond motifs is 1. The van der Waals surface area contributed by atoms with Gasteiger partial charge in [0.2, 0.25) is 0 Å². The summed E-state index contributed by atoms with van der Waals surface area (Å²) in [5.74, 6) is -0.305. The van der Waals surface area contributed by atoms with Crippen molar-refractivity contribution < 1.29 is 18.0 Å². The third kappa shape index (κ3) is 3.38. The maximum Gasteiger partial charge on any atom is 0.417 e. The molecule has 0 spiro atoms. The van der Waals surface area contributed by atoms with Crippen LogP contribution in [-0.2, 0) is 19.0 Å². The number of hydrogen-bond acceptors (Lipinski definition) is 2. The predicted molar refractivity (Wildman–Crippen MR) is 85.4 cm³/mol. The normalized spacial score (nSPS) is 14.4. The summed E-state index contributed by atoms with van der Waals surface area (Å²) in [5, 5.41) is 4.02. The molecule has 1 aromatic carbocycles. The lowest BCUT2D eigenvalue weighted by atomic mass is 9.95. The zero-order chi connectivity index (χ0) is 16.6. The summed E-state index contributed by atoms with van der Waals surface area (Å²) in [6.07, 6.45) is -0.472. The van der Waals surface area contributed by atoms with Gasteiger partial charge in [-0.15, -0.1) is 11.3 Å². The fourth-order valence-corrected chi connectivity index (χ4v) is 4.12. The standard InChI is InChI=1S/C16H13ClF3NOS/c17-13-7-9(5-6-12(13)16(18,19)20)21-15(22)11-8-23-14-4-2-1-3-10(11)14/h5-8H,1-4H2,(H,21,22). The summed E-state index contributed by atoms with van der Waals surface area (Å²) < 4.78 is 38.1. The van der Waals surface area contributed by atoms with Crippen molar-refractivity contribution in [3.05, 3.63) is 50.2 Å². The van der Waals surface area contributed by atoms with E-state index in [1.807, 2.05) is 5.38 Å². The van der Waals surface area contributed by atoms with E-state index in [-0.39, 0.29) is 11.6 Å². The summed E-state index contributed by atoms with van der Waals surface area (Å²) >= 11 is 7.23. The highest BCUT2D eigenvalue weighted by Crippen LogP contribution is 2.36. The van der Waals surface area contributed by atoms with E-state index in [1.54, 1.807) is 11.3 Å². The highest BCUT2D eigenvalue weighted by Gasteiger charge is 2.33. The summed E-state index contributed by atoms with van der Waals surface area (Å²) in [4.78, 5) is 13.6. The van der Waals surface area contributed by atoms with Crippen molar-refractivity contribution in [3.8, 4) is 0 Å². The van der Waals surface area contributed by atoms with Gasteiger partial charge in [0, 0.05) is 15.9 Å². The van der Waals surface area contributed by atoms with Crippen LogP contribution in [0.25, 0.3) is 0 Å². The quantitative estimate of drug-likeness (QED) is 0.748. The number of anilines is 1. The van der Waals surface area contributed by atoms with Crippen molar-refractivity contribution in [3.63, 3.8) is 0 Å². The highest BCUT2D eigenvalue weighted by atomic mass is 35.5. The van der Waals surface area contributed by atoms with E-state index >= 15 is 0 Å². The zero-order valence-electron chi connectivity index (χ0n) is 12.0. The van der Waals surface area contributed by atoms with E-state index in [1.165, 1.54) is 10.9 Å². The van der Waals surface area contributed by atoms with Gasteiger partial charge >= 0.3 is 6.18 Å². The molecule has 1 aliphatic rings. The number of aryl methyl sites for hydroxylation is 1. The summed E-state index contributed by atoms with van der Waals surface area (Å²) in [6, 6.07) is 3.22. The topological polar surface area (TPSA) is 29.1 Å². The van der Waals surface area contributed by atoms with Gasteiger partial charge in [-0.1, -0.05) is 11.6 Å². The van der Waals surface area contributed by atoms with Crippen LogP contribution in [0.1, 0.15) is 39.2 Å². The second-order valence-electron chi connectivity index (χ2n) is 5.40. The summed E-state index contributed by atoms with van der Waals surface area (Å²) in [5.41, 5.74) is 1.02. The molecule has 1 amide bonds. The molecule has 7 heteroatoms. The Balaban J connectivity index is 1.81. The number of benzene rings is 1. The zero-order valence-corrected chi connectivity index (χ0v) is 13.5. The number of alkyl halides is 3. The number of carbonyl (C=O) groups excluding carboxylic acids is 1. The Labute approximate surface area is 140 Å². The van der Waals surface area contributed by atoms with Crippen LogP contribution in [0.15, 0.2) is 23.6 Å². The van der Waals surface area contributed by atoms with Crippen LogP contribution < -0.4 is 5.32 Å². The Hall–Kier alpha value is -1.53. The lowest BCUT2D eigenvalue weighted by Crippen LogP contribution is -2.15. The van der Waals surface area contributed by atoms with Crippen LogP contribution in [0.3, 0.4) is 0 Å². The minimum absolute atomic E-state index is 0.253. The molecule has 1 aromatic heterocycles. The molecule has 2 aromatic rings. The van der Waals surface area contributed by atoms with Crippen molar-refractivity contribution in [2.45, 2.75) is 31.9 Å². The predicted octanol–water partition coefficient (Wildman–Crippen LogP) is 5.55. The third-order valence-electron chi connectivity index (χ3n) is 3.84. The number of rotatable bonds is 2. The molecule has 23 heavy (non-hydrogen) atoms. The van der Waals surface area contributed by atoms with Gasteiger partial charge < -0.3 is 5.32 Å². The molecule has 0 unspecified atom stereocenters. The van der Waals surface area contributed by atoms with Crippen LogP contribution in [0.5, 0.6) is 0 Å². The highest BCUT2D eigenvalue weighted by molar-refractivity contribution is 7.10. The average Bonchev–Trinajstić information content (AvgIpc) is 2.90. The van der Waals surface area contributed by atoms with Gasteiger partial charge in [0.05, 0.1) is 16.1 Å². The Morgan fingerprint density at radius 2 is 1.96 bits per heavy atom. The number of carbonyl (C=O) groups is 1. The molecule has 0 saturated heterocycles. The van der Waals surface area contributed by atoms with E-state index in [0.29, 0.717) is 5.56 Å². The van der Waals surface area contributed by atoms with E-state index < -0.39 is 16.8 Å². The van der Waals surface area contributed by atoms with Gasteiger partial charge in [0.25, 0.3) is 5.91 Å². The van der Waals surface area contributed by atoms with Crippen LogP contribution >= 0.6 is 22.9 Å². The van der Waals surface area contributed by atoms with Gasteiger partial charge in [0.15, 0.2) is 0 Å². The second-order valence-corrected chi connectivity index (χ2v) is 6.78. The third-order valence-corrected chi connectivity index (χ3v) is 5.24. The molecule has 0 atom stereocenters. The van der Waals surface area contributed by atoms with Crippen molar-refractivity contribution in [2.75, 3.05) is 5.32 Å². The number of amides is 1. The monoisotopic (exact) mass is 359 g/mol. The molecule has 122 valence electrons. The smallest absolute Gasteiger partial charge is 0.322 e. The molecule has 1 heterocycles. The van der Waals surface area contributed by atoms with Crippen LogP contribution in [-0.4, -0.2) is 5.91 Å². The van der Waals surface area contributed by atoms with Crippen molar-refractivity contribution in [1.82, 2.24) is 0 Å². The fourth-order valence-electron chi connectivity index (χ4n) is 2.71. The van der Waals surface area contributed by atoms with E-state index in [0.717, 1.165) is 43.4 Å². The van der Waals surface area contributed by atoms with Gasteiger partial charge in [-0.2, -0.15) is 13.2 Å². The SMILES string of the molecule is O=C(Nc1ccc(C(F)(F)F)c(Cl)c1)c1csc2c1CCCC2. The number of nitrogens with one attached hydrogen (secondary N) is 1. The number of hydrogen-bond donors (Lipinski definition) is 1. The van der Waals surface area contributed by atoms with E-state index in [4.69, 9.17) is 11.6 Å². The van der Waals surface area contributed by atoms with E-state index in [2.05, 4.69) is 5.32 Å².